The van der Waals surface area contributed by atoms with E-state index in [9.17, 15) is 4.79 Å². The Morgan fingerprint density at radius 2 is 1.79 bits per heavy atom. The van der Waals surface area contributed by atoms with E-state index in [2.05, 4.69) is 45.6 Å². The molecule has 0 radical (unpaired) electrons. The summed E-state index contributed by atoms with van der Waals surface area (Å²) in [6.45, 7) is 4.75. The Morgan fingerprint density at radius 1 is 1.00 bits per heavy atom. The molecule has 5 rings (SSSR count). The zero-order chi connectivity index (χ0) is 26.3. The first-order chi connectivity index (χ1) is 18.7. The van der Waals surface area contributed by atoms with Gasteiger partial charge in [-0.05, 0) is 67.8 Å². The summed E-state index contributed by atoms with van der Waals surface area (Å²) in [6.07, 6.45) is 5.34. The van der Waals surface area contributed by atoms with Gasteiger partial charge in [0.05, 0.1) is 12.4 Å². The molecular formula is C30H31N5O2S. The summed E-state index contributed by atoms with van der Waals surface area (Å²) in [4.78, 5) is 16.1. The molecule has 0 unspecified atom stereocenters. The topological polar surface area (TPSA) is 84.8 Å². The van der Waals surface area contributed by atoms with Gasteiger partial charge in [0.2, 0.25) is 5.91 Å². The number of nitrogens with zero attached hydrogens (tertiary/aromatic N) is 3. The van der Waals surface area contributed by atoms with Crippen molar-refractivity contribution >= 4 is 34.3 Å². The predicted octanol–water partition coefficient (Wildman–Crippen LogP) is 6.89. The van der Waals surface area contributed by atoms with Gasteiger partial charge in [-0.15, -0.1) is 10.2 Å². The lowest BCUT2D eigenvalue weighted by atomic mass is 10.1. The molecule has 2 aromatic heterocycles. The fourth-order valence-electron chi connectivity index (χ4n) is 4.35. The van der Waals surface area contributed by atoms with E-state index >= 15 is 0 Å². The van der Waals surface area contributed by atoms with Crippen molar-refractivity contribution in [1.29, 1.82) is 0 Å². The molecule has 0 fully saturated rings. The van der Waals surface area contributed by atoms with E-state index < -0.39 is 0 Å². The Balaban J connectivity index is 1.38. The number of nitrogens with one attached hydrogen (secondary N) is 2. The Kier molecular flexibility index (Phi) is 8.09. The Hall–Kier alpha value is -4.04. The molecule has 7 nitrogen and oxygen atoms in total. The van der Waals surface area contributed by atoms with Gasteiger partial charge in [-0.25, -0.2) is 0 Å². The number of benzene rings is 3. The number of fused-ring (bicyclic) bond motifs is 1. The number of aromatic nitrogens is 4. The van der Waals surface area contributed by atoms with Crippen LogP contribution in [0.3, 0.4) is 0 Å². The number of H-pyrrole nitrogens is 1. The highest BCUT2D eigenvalue weighted by Crippen LogP contribution is 2.33. The van der Waals surface area contributed by atoms with Crippen LogP contribution in [-0.4, -0.2) is 38.0 Å². The number of rotatable bonds is 11. The molecule has 38 heavy (non-hydrogen) atoms. The maximum absolute atomic E-state index is 12.8. The van der Waals surface area contributed by atoms with Crippen molar-refractivity contribution in [2.24, 2.45) is 0 Å². The number of carbonyl (C=O) groups excluding carboxylic acids is 1. The molecule has 2 N–H and O–H groups in total. The number of thioether (sulfide) groups is 1. The van der Waals surface area contributed by atoms with Crippen LogP contribution >= 0.6 is 11.8 Å². The second kappa shape index (κ2) is 12.0. The van der Waals surface area contributed by atoms with Gasteiger partial charge in [-0.2, -0.15) is 0 Å². The molecular weight excluding hydrogens is 494 g/mol. The third-order valence-electron chi connectivity index (χ3n) is 6.26. The first kappa shape index (κ1) is 25.6. The van der Waals surface area contributed by atoms with E-state index in [0.717, 1.165) is 46.4 Å². The minimum Gasteiger partial charge on any atom is -0.494 e. The molecule has 0 aliphatic heterocycles. The molecule has 2 heterocycles. The smallest absolute Gasteiger partial charge is 0.234 e. The molecule has 0 spiro atoms. The SMILES string of the molecule is CCCCc1ccc(NC(=O)CSc2nnc(-c3c[nH]c4ccccc34)n2-c2ccc(OCC)cc2)cc1. The maximum Gasteiger partial charge on any atom is 0.234 e. The van der Waals surface area contributed by atoms with E-state index in [1.165, 1.54) is 23.7 Å². The maximum atomic E-state index is 12.8. The molecule has 0 aliphatic carbocycles. The van der Waals surface area contributed by atoms with Crippen molar-refractivity contribution in [2.75, 3.05) is 17.7 Å². The first-order valence-electron chi connectivity index (χ1n) is 12.9. The van der Waals surface area contributed by atoms with E-state index in [1.807, 2.05) is 72.3 Å². The van der Waals surface area contributed by atoms with Crippen molar-refractivity contribution in [2.45, 2.75) is 38.3 Å². The zero-order valence-electron chi connectivity index (χ0n) is 21.6. The van der Waals surface area contributed by atoms with E-state index in [0.29, 0.717) is 17.6 Å². The lowest BCUT2D eigenvalue weighted by Gasteiger charge is -2.11. The number of amides is 1. The largest absolute Gasteiger partial charge is 0.494 e. The highest BCUT2D eigenvalue weighted by Gasteiger charge is 2.20. The average molecular weight is 526 g/mol. The van der Waals surface area contributed by atoms with Gasteiger partial charge in [-0.3, -0.25) is 9.36 Å². The normalized spacial score (nSPS) is 11.1. The number of hydrogen-bond donors (Lipinski definition) is 2. The van der Waals surface area contributed by atoms with Crippen LogP contribution in [-0.2, 0) is 11.2 Å². The monoisotopic (exact) mass is 525 g/mol. The van der Waals surface area contributed by atoms with E-state index in [1.54, 1.807) is 0 Å². The average Bonchev–Trinajstić information content (AvgIpc) is 3.56. The van der Waals surface area contributed by atoms with Crippen LogP contribution in [0, 0.1) is 0 Å². The number of anilines is 1. The van der Waals surface area contributed by atoms with Crippen LogP contribution in [0.15, 0.2) is 84.1 Å². The zero-order valence-corrected chi connectivity index (χ0v) is 22.4. The van der Waals surface area contributed by atoms with Crippen LogP contribution in [0.5, 0.6) is 5.75 Å². The van der Waals surface area contributed by atoms with Crippen LogP contribution in [0.4, 0.5) is 5.69 Å². The summed E-state index contributed by atoms with van der Waals surface area (Å²) in [5.41, 5.74) is 4.94. The molecule has 5 aromatic rings. The van der Waals surface area contributed by atoms with Crippen molar-refractivity contribution in [3.05, 3.63) is 84.6 Å². The van der Waals surface area contributed by atoms with Crippen LogP contribution in [0.25, 0.3) is 28.0 Å². The minimum absolute atomic E-state index is 0.0915. The number of para-hydroxylation sites is 1. The molecule has 0 aliphatic rings. The Bertz CT molecular complexity index is 1510. The van der Waals surface area contributed by atoms with Gasteiger partial charge in [0.1, 0.15) is 5.75 Å². The summed E-state index contributed by atoms with van der Waals surface area (Å²) in [7, 11) is 0. The molecule has 0 saturated heterocycles. The highest BCUT2D eigenvalue weighted by molar-refractivity contribution is 7.99. The second-order valence-electron chi connectivity index (χ2n) is 8.95. The fraction of sp³-hybridized carbons (Fsp3) is 0.233. The molecule has 0 atom stereocenters. The number of ether oxygens (including phenoxy) is 1. The lowest BCUT2D eigenvalue weighted by Crippen LogP contribution is -2.14. The fourth-order valence-corrected chi connectivity index (χ4v) is 5.10. The number of carbonyl (C=O) groups is 1. The molecule has 3 aromatic carbocycles. The summed E-state index contributed by atoms with van der Waals surface area (Å²) >= 11 is 1.36. The van der Waals surface area contributed by atoms with Crippen LogP contribution < -0.4 is 10.1 Å². The van der Waals surface area contributed by atoms with E-state index in [4.69, 9.17) is 4.74 Å². The number of hydrogen-bond acceptors (Lipinski definition) is 5. The summed E-state index contributed by atoms with van der Waals surface area (Å²) in [6, 6.07) is 24.0. The quantitative estimate of drug-likeness (QED) is 0.184. The summed E-state index contributed by atoms with van der Waals surface area (Å²) in [5, 5.41) is 13.7. The van der Waals surface area contributed by atoms with Gasteiger partial charge < -0.3 is 15.0 Å². The molecule has 0 saturated carbocycles. The minimum atomic E-state index is -0.0915. The number of aromatic amines is 1. The summed E-state index contributed by atoms with van der Waals surface area (Å²) < 4.78 is 7.62. The standard InChI is InChI=1S/C30H31N5O2S/c1-3-5-8-21-11-13-22(14-12-21)32-28(36)20-38-30-34-33-29(26-19-31-27-10-7-6-9-25(26)27)35(30)23-15-17-24(18-16-23)37-4-2/h6-7,9-19,31H,3-5,8,20H2,1-2H3,(H,32,36). The number of unbranched alkanes of at least 4 members (excludes halogenated alkanes) is 1. The third kappa shape index (κ3) is 5.75. The van der Waals surface area contributed by atoms with E-state index in [-0.39, 0.29) is 11.7 Å². The van der Waals surface area contributed by atoms with Gasteiger partial charge in [-0.1, -0.05) is 55.4 Å². The van der Waals surface area contributed by atoms with Crippen molar-refractivity contribution < 1.29 is 9.53 Å². The van der Waals surface area contributed by atoms with Gasteiger partial charge >= 0.3 is 0 Å². The lowest BCUT2D eigenvalue weighted by molar-refractivity contribution is -0.113. The molecule has 194 valence electrons. The van der Waals surface area contributed by atoms with Crippen LogP contribution in [0.2, 0.25) is 0 Å². The van der Waals surface area contributed by atoms with Crippen molar-refractivity contribution in [3.8, 4) is 22.8 Å². The molecule has 1 amide bonds. The van der Waals surface area contributed by atoms with Crippen molar-refractivity contribution in [3.63, 3.8) is 0 Å². The predicted molar refractivity (Wildman–Crippen MR) is 154 cm³/mol. The van der Waals surface area contributed by atoms with Gasteiger partial charge in [0.15, 0.2) is 11.0 Å². The third-order valence-corrected chi connectivity index (χ3v) is 7.19. The highest BCUT2D eigenvalue weighted by atomic mass is 32.2. The van der Waals surface area contributed by atoms with Gasteiger partial charge in [0.25, 0.3) is 0 Å². The summed E-state index contributed by atoms with van der Waals surface area (Å²) in [5.74, 6) is 1.62. The second-order valence-corrected chi connectivity index (χ2v) is 9.90. The number of aryl methyl sites for hydroxylation is 1. The van der Waals surface area contributed by atoms with Crippen LogP contribution in [0.1, 0.15) is 32.3 Å². The Morgan fingerprint density at radius 3 is 2.55 bits per heavy atom. The molecule has 8 heteroatoms. The molecule has 0 bridgehead atoms. The van der Waals surface area contributed by atoms with Crippen molar-refractivity contribution in [1.82, 2.24) is 19.7 Å². The first-order valence-corrected chi connectivity index (χ1v) is 13.9. The Labute approximate surface area is 226 Å². The van der Waals surface area contributed by atoms with Gasteiger partial charge in [0, 0.05) is 34.0 Å².